The molecule has 0 unspecified atom stereocenters. The SMILES string of the molecule is O=C(ON(c1ccc(-c2cccs2)cc1)c1ccc(-c2cccs2)cc1)c1ccccc1. The number of rotatable bonds is 6. The van der Waals surface area contributed by atoms with Gasteiger partial charge in [0, 0.05) is 9.75 Å². The molecule has 0 amide bonds. The number of hydrogen-bond donors (Lipinski definition) is 0. The normalized spacial score (nSPS) is 10.6. The van der Waals surface area contributed by atoms with Crippen LogP contribution in [-0.4, -0.2) is 5.97 Å². The van der Waals surface area contributed by atoms with E-state index in [1.165, 1.54) is 9.75 Å². The fraction of sp³-hybridized carbons (Fsp3) is 0. The van der Waals surface area contributed by atoms with Gasteiger partial charge in [0.15, 0.2) is 0 Å². The highest BCUT2D eigenvalue weighted by Crippen LogP contribution is 2.33. The molecule has 2 aromatic heterocycles. The summed E-state index contributed by atoms with van der Waals surface area (Å²) in [6.07, 6.45) is 0. The molecule has 0 atom stereocenters. The highest BCUT2D eigenvalue weighted by atomic mass is 32.1. The molecule has 3 aromatic carbocycles. The number of carbonyl (C=O) groups excluding carboxylic acids is 1. The van der Waals surface area contributed by atoms with Gasteiger partial charge < -0.3 is 4.84 Å². The Morgan fingerprint density at radius 1 is 0.594 bits per heavy atom. The largest absolute Gasteiger partial charge is 0.363 e. The molecule has 0 aliphatic rings. The van der Waals surface area contributed by atoms with Crippen molar-refractivity contribution in [1.29, 1.82) is 0 Å². The van der Waals surface area contributed by atoms with E-state index in [-0.39, 0.29) is 0 Å². The first-order valence-corrected chi connectivity index (χ1v) is 11.9. The molecule has 0 aliphatic heterocycles. The second-order valence-corrected chi connectivity index (χ2v) is 8.98. The summed E-state index contributed by atoms with van der Waals surface area (Å²) in [6, 6.07) is 33.4. The summed E-state index contributed by atoms with van der Waals surface area (Å²) in [5.74, 6) is -0.407. The molecule has 0 saturated heterocycles. The zero-order valence-corrected chi connectivity index (χ0v) is 18.7. The van der Waals surface area contributed by atoms with Gasteiger partial charge in [-0.3, -0.25) is 0 Å². The van der Waals surface area contributed by atoms with Crippen LogP contribution >= 0.6 is 22.7 Å². The molecule has 32 heavy (non-hydrogen) atoms. The number of benzene rings is 3. The Hall–Kier alpha value is -3.67. The van der Waals surface area contributed by atoms with Gasteiger partial charge in [-0.05, 0) is 70.4 Å². The smallest absolute Gasteiger partial charge is 0.330 e. The summed E-state index contributed by atoms with van der Waals surface area (Å²) in [5, 5.41) is 5.71. The van der Waals surface area contributed by atoms with Crippen LogP contribution in [0.2, 0.25) is 0 Å². The Labute approximate surface area is 194 Å². The number of anilines is 2. The van der Waals surface area contributed by atoms with Crippen molar-refractivity contribution in [2.24, 2.45) is 0 Å². The van der Waals surface area contributed by atoms with E-state index in [1.807, 2.05) is 78.9 Å². The minimum atomic E-state index is -0.407. The van der Waals surface area contributed by atoms with Crippen LogP contribution in [0.15, 0.2) is 114 Å². The van der Waals surface area contributed by atoms with Gasteiger partial charge in [0.05, 0.1) is 16.9 Å². The van der Waals surface area contributed by atoms with Crippen molar-refractivity contribution in [3.05, 3.63) is 119 Å². The van der Waals surface area contributed by atoms with Crippen molar-refractivity contribution < 1.29 is 9.63 Å². The van der Waals surface area contributed by atoms with Gasteiger partial charge in [-0.15, -0.1) is 22.7 Å². The van der Waals surface area contributed by atoms with E-state index in [4.69, 9.17) is 4.84 Å². The van der Waals surface area contributed by atoms with Crippen molar-refractivity contribution in [1.82, 2.24) is 0 Å². The first-order valence-electron chi connectivity index (χ1n) is 10.1. The second-order valence-electron chi connectivity index (χ2n) is 7.09. The molecule has 156 valence electrons. The third-order valence-electron chi connectivity index (χ3n) is 5.00. The predicted molar refractivity (Wildman–Crippen MR) is 134 cm³/mol. The second kappa shape index (κ2) is 9.22. The van der Waals surface area contributed by atoms with Crippen LogP contribution in [0.1, 0.15) is 10.4 Å². The van der Waals surface area contributed by atoms with Crippen LogP contribution in [0.4, 0.5) is 11.4 Å². The molecule has 5 rings (SSSR count). The third-order valence-corrected chi connectivity index (χ3v) is 6.84. The predicted octanol–water partition coefficient (Wildman–Crippen LogP) is 8.05. The topological polar surface area (TPSA) is 29.5 Å². The van der Waals surface area contributed by atoms with Crippen molar-refractivity contribution >= 4 is 40.0 Å². The maximum Gasteiger partial charge on any atom is 0.363 e. The monoisotopic (exact) mass is 453 g/mol. The quantitative estimate of drug-likeness (QED) is 0.244. The molecule has 0 aliphatic carbocycles. The van der Waals surface area contributed by atoms with Gasteiger partial charge in [0.25, 0.3) is 0 Å². The molecule has 0 saturated carbocycles. The maximum absolute atomic E-state index is 12.8. The summed E-state index contributed by atoms with van der Waals surface area (Å²) >= 11 is 3.39. The average Bonchev–Trinajstić information content (AvgIpc) is 3.58. The number of carbonyl (C=O) groups is 1. The van der Waals surface area contributed by atoms with Crippen LogP contribution < -0.4 is 5.06 Å². The van der Waals surface area contributed by atoms with Gasteiger partial charge >= 0.3 is 5.97 Å². The number of hydrogen-bond acceptors (Lipinski definition) is 5. The van der Waals surface area contributed by atoms with Crippen molar-refractivity contribution in [3.8, 4) is 20.9 Å². The molecular weight excluding hydrogens is 434 g/mol. The zero-order valence-electron chi connectivity index (χ0n) is 17.0. The molecule has 0 bridgehead atoms. The molecule has 0 spiro atoms. The van der Waals surface area contributed by atoms with E-state index in [9.17, 15) is 4.79 Å². The summed E-state index contributed by atoms with van der Waals surface area (Å²) in [4.78, 5) is 21.1. The fourth-order valence-electron chi connectivity index (χ4n) is 3.37. The minimum Gasteiger partial charge on any atom is -0.330 e. The molecule has 2 heterocycles. The number of thiophene rings is 2. The Morgan fingerprint density at radius 3 is 1.53 bits per heavy atom. The van der Waals surface area contributed by atoms with E-state index >= 15 is 0 Å². The average molecular weight is 454 g/mol. The minimum absolute atomic E-state index is 0.407. The molecule has 3 nitrogen and oxygen atoms in total. The zero-order chi connectivity index (χ0) is 21.8. The Morgan fingerprint density at radius 2 is 1.09 bits per heavy atom. The lowest BCUT2D eigenvalue weighted by atomic mass is 10.1. The van der Waals surface area contributed by atoms with Crippen LogP contribution in [0.25, 0.3) is 20.9 Å². The third kappa shape index (κ3) is 4.35. The fourth-order valence-corrected chi connectivity index (χ4v) is 4.84. The van der Waals surface area contributed by atoms with Gasteiger partial charge in [-0.25, -0.2) is 4.79 Å². The van der Waals surface area contributed by atoms with E-state index < -0.39 is 5.97 Å². The van der Waals surface area contributed by atoms with Crippen molar-refractivity contribution in [3.63, 3.8) is 0 Å². The molecule has 0 fully saturated rings. The summed E-state index contributed by atoms with van der Waals surface area (Å²) in [7, 11) is 0. The lowest BCUT2D eigenvalue weighted by molar-refractivity contribution is 0.0504. The van der Waals surface area contributed by atoms with Crippen molar-refractivity contribution in [2.45, 2.75) is 0 Å². The van der Waals surface area contributed by atoms with E-state index in [0.29, 0.717) is 5.56 Å². The van der Waals surface area contributed by atoms with E-state index in [0.717, 1.165) is 22.5 Å². The van der Waals surface area contributed by atoms with Crippen LogP contribution in [-0.2, 0) is 4.84 Å². The van der Waals surface area contributed by atoms with Crippen LogP contribution in [0, 0.1) is 0 Å². The Balaban J connectivity index is 1.47. The number of nitrogens with zero attached hydrogens (tertiary/aromatic N) is 1. The Bertz CT molecular complexity index is 1200. The standard InChI is InChI=1S/C27H19NO2S2/c29-27(22-6-2-1-3-7-22)30-28(23-14-10-20(11-15-23)25-8-4-18-31-25)24-16-12-21(13-17-24)26-9-5-19-32-26/h1-19H. The van der Waals surface area contributed by atoms with Gasteiger partial charge in [-0.2, -0.15) is 5.06 Å². The first kappa shape index (κ1) is 20.2. The Kier molecular flexibility index (Phi) is 5.83. The molecule has 5 heteroatoms. The molecule has 5 aromatic rings. The molecule has 0 radical (unpaired) electrons. The lowest BCUT2D eigenvalue weighted by Crippen LogP contribution is -2.22. The molecule has 0 N–H and O–H groups in total. The maximum atomic E-state index is 12.8. The summed E-state index contributed by atoms with van der Waals surface area (Å²) < 4.78 is 0. The van der Waals surface area contributed by atoms with Crippen molar-refractivity contribution in [2.75, 3.05) is 5.06 Å². The van der Waals surface area contributed by atoms with E-state index in [1.54, 1.807) is 39.9 Å². The highest BCUT2D eigenvalue weighted by molar-refractivity contribution is 7.13. The van der Waals surface area contributed by atoms with Crippen LogP contribution in [0.3, 0.4) is 0 Å². The van der Waals surface area contributed by atoms with Gasteiger partial charge in [0.1, 0.15) is 0 Å². The van der Waals surface area contributed by atoms with Gasteiger partial charge in [-0.1, -0.05) is 54.6 Å². The van der Waals surface area contributed by atoms with Gasteiger partial charge in [0.2, 0.25) is 0 Å². The van der Waals surface area contributed by atoms with Crippen LogP contribution in [0.5, 0.6) is 0 Å². The summed E-state index contributed by atoms with van der Waals surface area (Å²) in [6.45, 7) is 0. The van der Waals surface area contributed by atoms with E-state index in [2.05, 4.69) is 22.9 Å². The first-order chi connectivity index (χ1) is 15.8. The highest BCUT2D eigenvalue weighted by Gasteiger charge is 2.17. The molecular formula is C27H19NO2S2. The summed E-state index contributed by atoms with van der Waals surface area (Å²) in [5.41, 5.74) is 4.32. The lowest BCUT2D eigenvalue weighted by Gasteiger charge is -2.23.